The summed E-state index contributed by atoms with van der Waals surface area (Å²) in [5.74, 6) is 0.120. The van der Waals surface area contributed by atoms with Crippen LogP contribution in [0.2, 0.25) is 0 Å². The highest BCUT2D eigenvalue weighted by atomic mass is 32.1. The molecule has 1 fully saturated rings. The van der Waals surface area contributed by atoms with E-state index >= 15 is 0 Å². The molecule has 7 nitrogen and oxygen atoms in total. The van der Waals surface area contributed by atoms with Crippen molar-refractivity contribution in [2.24, 2.45) is 5.92 Å². The number of carbonyl (C=O) groups is 2. The number of nitrogens with one attached hydrogen (secondary N) is 1. The predicted octanol–water partition coefficient (Wildman–Crippen LogP) is 4.49. The Morgan fingerprint density at radius 3 is 2.50 bits per heavy atom. The summed E-state index contributed by atoms with van der Waals surface area (Å²) in [6, 6.07) is 13.5. The molecule has 0 atom stereocenters. The number of likely N-dealkylation sites (tertiary alicyclic amines) is 1. The molecule has 11 heteroatoms. The maximum absolute atomic E-state index is 12.7. The highest BCUT2D eigenvalue weighted by Gasteiger charge is 2.29. The van der Waals surface area contributed by atoms with Gasteiger partial charge in [0.1, 0.15) is 11.5 Å². The van der Waals surface area contributed by atoms with Gasteiger partial charge in [-0.1, -0.05) is 29.5 Å². The second-order valence-corrected chi connectivity index (χ2v) is 8.83. The molecule has 0 bridgehead atoms. The fraction of sp³-hybridized carbons (Fsp3) is 0.348. The van der Waals surface area contributed by atoms with E-state index in [-0.39, 0.29) is 30.1 Å². The first-order valence-corrected chi connectivity index (χ1v) is 11.4. The number of hydrogen-bond acceptors (Lipinski definition) is 6. The largest absolute Gasteiger partial charge is 0.484 e. The third-order valence-corrected chi connectivity index (χ3v) is 6.25. The van der Waals surface area contributed by atoms with Crippen LogP contribution in [-0.4, -0.2) is 54.2 Å². The predicted molar refractivity (Wildman–Crippen MR) is 121 cm³/mol. The van der Waals surface area contributed by atoms with Crippen molar-refractivity contribution in [3.8, 4) is 11.5 Å². The van der Waals surface area contributed by atoms with Gasteiger partial charge in [0.15, 0.2) is 18.3 Å². The van der Waals surface area contributed by atoms with E-state index in [1.54, 1.807) is 23.1 Å². The SMILES string of the molecule is O=C(Nc1nc2ccc(OCC(F)(F)F)cc2s1)C1CCN(C(=O)COc2ccccc2)CC1. The fourth-order valence-corrected chi connectivity index (χ4v) is 4.46. The van der Waals surface area contributed by atoms with E-state index < -0.39 is 12.8 Å². The number of fused-ring (bicyclic) bond motifs is 1. The highest BCUT2D eigenvalue weighted by molar-refractivity contribution is 7.22. The first-order chi connectivity index (χ1) is 16.3. The first-order valence-electron chi connectivity index (χ1n) is 10.6. The molecule has 2 amide bonds. The monoisotopic (exact) mass is 493 g/mol. The van der Waals surface area contributed by atoms with Crippen LogP contribution in [0.5, 0.6) is 11.5 Å². The topological polar surface area (TPSA) is 80.8 Å². The normalized spacial score (nSPS) is 14.7. The quantitative estimate of drug-likeness (QED) is 0.525. The zero-order chi connectivity index (χ0) is 24.1. The number of para-hydroxylation sites is 1. The Labute approximate surface area is 197 Å². The molecule has 1 saturated heterocycles. The fourth-order valence-electron chi connectivity index (χ4n) is 3.56. The lowest BCUT2D eigenvalue weighted by atomic mass is 9.96. The van der Waals surface area contributed by atoms with Gasteiger partial charge < -0.3 is 19.7 Å². The molecule has 1 aromatic heterocycles. The number of aromatic nitrogens is 1. The molecule has 1 aliphatic heterocycles. The number of hydrogen-bond donors (Lipinski definition) is 1. The van der Waals surface area contributed by atoms with Crippen LogP contribution < -0.4 is 14.8 Å². The molecular weight excluding hydrogens is 471 g/mol. The Morgan fingerprint density at radius 1 is 1.06 bits per heavy atom. The van der Waals surface area contributed by atoms with E-state index in [0.717, 1.165) is 11.3 Å². The van der Waals surface area contributed by atoms with Crippen molar-refractivity contribution in [2.45, 2.75) is 19.0 Å². The second-order valence-electron chi connectivity index (χ2n) is 7.80. The molecule has 3 aromatic rings. The van der Waals surface area contributed by atoms with Gasteiger partial charge in [0.05, 0.1) is 10.2 Å². The van der Waals surface area contributed by atoms with Crippen molar-refractivity contribution in [1.29, 1.82) is 0 Å². The summed E-state index contributed by atoms with van der Waals surface area (Å²) in [7, 11) is 0. The average Bonchev–Trinajstić information content (AvgIpc) is 3.23. The molecule has 2 heterocycles. The summed E-state index contributed by atoms with van der Waals surface area (Å²) in [5, 5.41) is 3.15. The van der Waals surface area contributed by atoms with Crippen LogP contribution in [0, 0.1) is 5.92 Å². The molecule has 1 aliphatic rings. The van der Waals surface area contributed by atoms with Gasteiger partial charge >= 0.3 is 6.18 Å². The minimum absolute atomic E-state index is 0.0543. The van der Waals surface area contributed by atoms with Crippen molar-refractivity contribution in [3.63, 3.8) is 0 Å². The van der Waals surface area contributed by atoms with Crippen LogP contribution in [0.4, 0.5) is 18.3 Å². The maximum atomic E-state index is 12.7. The number of thiazole rings is 1. The number of benzene rings is 2. The molecule has 4 rings (SSSR count). The Morgan fingerprint density at radius 2 is 1.79 bits per heavy atom. The zero-order valence-corrected chi connectivity index (χ0v) is 18.8. The number of amides is 2. The lowest BCUT2D eigenvalue weighted by molar-refractivity contribution is -0.153. The van der Waals surface area contributed by atoms with Gasteiger partial charge in [-0.2, -0.15) is 13.2 Å². The molecule has 0 aliphatic carbocycles. The first kappa shape index (κ1) is 23.8. The molecular formula is C23H22F3N3O4S. The summed E-state index contributed by atoms with van der Waals surface area (Å²) >= 11 is 1.16. The van der Waals surface area contributed by atoms with Gasteiger partial charge in [-0.15, -0.1) is 0 Å². The molecule has 0 saturated carbocycles. The molecule has 1 N–H and O–H groups in total. The van der Waals surface area contributed by atoms with E-state index in [0.29, 0.717) is 47.0 Å². The van der Waals surface area contributed by atoms with Crippen molar-refractivity contribution in [2.75, 3.05) is 31.6 Å². The highest BCUT2D eigenvalue weighted by Crippen LogP contribution is 2.31. The molecule has 0 spiro atoms. The number of halogens is 3. The number of nitrogens with zero attached hydrogens (tertiary/aromatic N) is 2. The van der Waals surface area contributed by atoms with Crippen molar-refractivity contribution in [1.82, 2.24) is 9.88 Å². The third kappa shape index (κ3) is 6.37. The minimum atomic E-state index is -4.42. The van der Waals surface area contributed by atoms with Gasteiger partial charge in [-0.05, 0) is 43.2 Å². The summed E-state index contributed by atoms with van der Waals surface area (Å²) in [6.45, 7) is -0.522. The zero-order valence-electron chi connectivity index (χ0n) is 18.0. The maximum Gasteiger partial charge on any atom is 0.422 e. The van der Waals surface area contributed by atoms with E-state index in [9.17, 15) is 22.8 Å². The third-order valence-electron chi connectivity index (χ3n) is 5.32. The number of piperidine rings is 1. The number of alkyl halides is 3. The molecule has 2 aromatic carbocycles. The van der Waals surface area contributed by atoms with Gasteiger partial charge in [0, 0.05) is 19.0 Å². The standard InChI is InChI=1S/C23H22F3N3O4S/c24-23(25,26)14-33-17-6-7-18-19(12-17)34-22(27-18)28-21(31)15-8-10-29(11-9-15)20(30)13-32-16-4-2-1-3-5-16/h1-7,12,15H,8-11,13-14H2,(H,27,28,31). The van der Waals surface area contributed by atoms with Crippen LogP contribution in [0.1, 0.15) is 12.8 Å². The average molecular weight is 494 g/mol. The summed E-state index contributed by atoms with van der Waals surface area (Å²) in [6.07, 6.45) is -3.39. The van der Waals surface area contributed by atoms with Crippen molar-refractivity contribution >= 4 is 38.5 Å². The van der Waals surface area contributed by atoms with E-state index in [2.05, 4.69) is 10.3 Å². The summed E-state index contributed by atoms with van der Waals surface area (Å²) in [4.78, 5) is 31.1. The van der Waals surface area contributed by atoms with Crippen LogP contribution in [0.25, 0.3) is 10.2 Å². The van der Waals surface area contributed by atoms with Crippen LogP contribution >= 0.6 is 11.3 Å². The van der Waals surface area contributed by atoms with Gasteiger partial charge in [0.25, 0.3) is 5.91 Å². The smallest absolute Gasteiger partial charge is 0.422 e. The van der Waals surface area contributed by atoms with Crippen LogP contribution in [0.15, 0.2) is 48.5 Å². The van der Waals surface area contributed by atoms with Gasteiger partial charge in [0.2, 0.25) is 5.91 Å². The molecule has 0 unspecified atom stereocenters. The Hall–Kier alpha value is -3.34. The number of carbonyl (C=O) groups excluding carboxylic acids is 2. The molecule has 0 radical (unpaired) electrons. The molecule has 180 valence electrons. The number of anilines is 1. The Kier molecular flexibility index (Phi) is 7.20. The minimum Gasteiger partial charge on any atom is -0.484 e. The second kappa shape index (κ2) is 10.3. The summed E-state index contributed by atoms with van der Waals surface area (Å²) < 4.78 is 47.9. The van der Waals surface area contributed by atoms with Gasteiger partial charge in [-0.3, -0.25) is 9.59 Å². The number of ether oxygens (including phenoxy) is 2. The van der Waals surface area contributed by atoms with E-state index in [4.69, 9.17) is 9.47 Å². The van der Waals surface area contributed by atoms with E-state index in [1.165, 1.54) is 12.1 Å². The lowest BCUT2D eigenvalue weighted by Gasteiger charge is -2.31. The van der Waals surface area contributed by atoms with Crippen LogP contribution in [-0.2, 0) is 9.59 Å². The van der Waals surface area contributed by atoms with Crippen LogP contribution in [0.3, 0.4) is 0 Å². The Bertz CT molecular complexity index is 1150. The summed E-state index contributed by atoms with van der Waals surface area (Å²) in [5.41, 5.74) is 0.554. The lowest BCUT2D eigenvalue weighted by Crippen LogP contribution is -2.43. The van der Waals surface area contributed by atoms with Crippen molar-refractivity contribution < 1.29 is 32.2 Å². The Balaban J connectivity index is 1.26. The van der Waals surface area contributed by atoms with Crippen molar-refractivity contribution in [3.05, 3.63) is 48.5 Å². The number of rotatable bonds is 7. The molecule has 34 heavy (non-hydrogen) atoms. The van der Waals surface area contributed by atoms with Gasteiger partial charge in [-0.25, -0.2) is 4.98 Å². The van der Waals surface area contributed by atoms with E-state index in [1.807, 2.05) is 18.2 Å².